The van der Waals surface area contributed by atoms with Gasteiger partial charge in [-0.25, -0.2) is 9.97 Å². The fourth-order valence-electron chi connectivity index (χ4n) is 2.12. The Labute approximate surface area is 123 Å². The quantitative estimate of drug-likeness (QED) is 0.762. The van der Waals surface area contributed by atoms with Crippen LogP contribution < -0.4 is 0 Å². The van der Waals surface area contributed by atoms with E-state index in [0.29, 0.717) is 11.1 Å². The highest BCUT2D eigenvalue weighted by molar-refractivity contribution is 7.99. The summed E-state index contributed by atoms with van der Waals surface area (Å²) in [5.74, 6) is 1.65. The van der Waals surface area contributed by atoms with E-state index in [-0.39, 0.29) is 0 Å². The zero-order chi connectivity index (χ0) is 13.8. The predicted octanol–water partition coefficient (Wildman–Crippen LogP) is 3.66. The molecule has 2 rings (SSSR count). The second kappa shape index (κ2) is 6.62. The van der Waals surface area contributed by atoms with Crippen LogP contribution in [-0.2, 0) is 13.0 Å². The zero-order valence-corrected chi connectivity index (χ0v) is 13.3. The summed E-state index contributed by atoms with van der Waals surface area (Å²) >= 11 is 7.78. The molecule has 2 aromatic heterocycles. The smallest absolute Gasteiger partial charge is 0.160 e. The van der Waals surface area contributed by atoms with Gasteiger partial charge in [-0.1, -0.05) is 6.92 Å². The number of thioether (sulfide) groups is 1. The van der Waals surface area contributed by atoms with E-state index in [9.17, 15) is 0 Å². The SMILES string of the molecule is CSC(C)CCn1c(CCCl)nc2c(C)ccnc21. The summed E-state index contributed by atoms with van der Waals surface area (Å²) in [7, 11) is 0. The molecule has 0 amide bonds. The van der Waals surface area contributed by atoms with Crippen molar-refractivity contribution >= 4 is 34.5 Å². The van der Waals surface area contributed by atoms with E-state index in [1.54, 1.807) is 0 Å². The normalized spacial score (nSPS) is 13.1. The van der Waals surface area contributed by atoms with Crippen LogP contribution in [0.15, 0.2) is 12.3 Å². The van der Waals surface area contributed by atoms with Gasteiger partial charge in [0.1, 0.15) is 11.3 Å². The molecule has 19 heavy (non-hydrogen) atoms. The Morgan fingerprint density at radius 2 is 2.26 bits per heavy atom. The number of rotatable bonds is 6. The maximum Gasteiger partial charge on any atom is 0.160 e. The highest BCUT2D eigenvalue weighted by Gasteiger charge is 2.13. The molecule has 2 aromatic rings. The van der Waals surface area contributed by atoms with Crippen LogP contribution in [0.5, 0.6) is 0 Å². The topological polar surface area (TPSA) is 30.7 Å². The summed E-state index contributed by atoms with van der Waals surface area (Å²) in [5, 5.41) is 0.645. The molecular formula is C14H20ClN3S. The number of aromatic nitrogens is 3. The summed E-state index contributed by atoms with van der Waals surface area (Å²) in [4.78, 5) is 9.21. The van der Waals surface area contributed by atoms with Crippen molar-refractivity contribution in [3.8, 4) is 0 Å². The third kappa shape index (κ3) is 3.23. The molecule has 0 saturated carbocycles. The van der Waals surface area contributed by atoms with E-state index in [1.165, 1.54) is 5.56 Å². The van der Waals surface area contributed by atoms with Crippen molar-refractivity contribution in [3.63, 3.8) is 0 Å². The van der Waals surface area contributed by atoms with Crippen molar-refractivity contribution in [2.75, 3.05) is 12.1 Å². The molecule has 0 saturated heterocycles. The van der Waals surface area contributed by atoms with E-state index in [1.807, 2.05) is 24.0 Å². The number of hydrogen-bond acceptors (Lipinski definition) is 3. The van der Waals surface area contributed by atoms with E-state index in [2.05, 4.69) is 29.7 Å². The number of fused-ring (bicyclic) bond motifs is 1. The van der Waals surface area contributed by atoms with E-state index >= 15 is 0 Å². The van der Waals surface area contributed by atoms with Crippen LogP contribution in [0.4, 0.5) is 0 Å². The highest BCUT2D eigenvalue weighted by Crippen LogP contribution is 2.20. The number of imidazole rings is 1. The molecule has 1 unspecified atom stereocenters. The van der Waals surface area contributed by atoms with Crippen molar-refractivity contribution in [2.24, 2.45) is 0 Å². The van der Waals surface area contributed by atoms with E-state index in [0.717, 1.165) is 36.4 Å². The zero-order valence-electron chi connectivity index (χ0n) is 11.7. The minimum atomic E-state index is 0.598. The molecule has 0 spiro atoms. The average molecular weight is 298 g/mol. The molecule has 2 heterocycles. The van der Waals surface area contributed by atoms with Gasteiger partial charge in [-0.3, -0.25) is 0 Å². The molecule has 0 aliphatic carbocycles. The minimum Gasteiger partial charge on any atom is -0.313 e. The molecule has 0 radical (unpaired) electrons. The van der Waals surface area contributed by atoms with Crippen LogP contribution in [0.1, 0.15) is 24.7 Å². The molecule has 5 heteroatoms. The van der Waals surface area contributed by atoms with Crippen molar-refractivity contribution in [2.45, 2.75) is 38.5 Å². The Morgan fingerprint density at radius 1 is 1.47 bits per heavy atom. The van der Waals surface area contributed by atoms with Crippen LogP contribution in [0.3, 0.4) is 0 Å². The van der Waals surface area contributed by atoms with Gasteiger partial charge in [0.15, 0.2) is 5.65 Å². The van der Waals surface area contributed by atoms with E-state index in [4.69, 9.17) is 16.6 Å². The summed E-state index contributed by atoms with van der Waals surface area (Å²) in [5.41, 5.74) is 3.19. The van der Waals surface area contributed by atoms with Crippen molar-refractivity contribution in [3.05, 3.63) is 23.7 Å². The van der Waals surface area contributed by atoms with Crippen LogP contribution in [0.25, 0.3) is 11.2 Å². The molecule has 0 aliphatic heterocycles. The van der Waals surface area contributed by atoms with Gasteiger partial charge in [0.05, 0.1) is 0 Å². The van der Waals surface area contributed by atoms with Crippen LogP contribution in [0, 0.1) is 6.92 Å². The van der Waals surface area contributed by atoms with Gasteiger partial charge >= 0.3 is 0 Å². The summed E-state index contributed by atoms with van der Waals surface area (Å²) in [6, 6.07) is 2.01. The second-order valence-electron chi connectivity index (χ2n) is 4.75. The third-order valence-corrected chi connectivity index (χ3v) is 4.62. The largest absolute Gasteiger partial charge is 0.313 e. The fraction of sp³-hybridized carbons (Fsp3) is 0.571. The first-order valence-corrected chi connectivity index (χ1v) is 8.39. The number of pyridine rings is 1. The van der Waals surface area contributed by atoms with E-state index < -0.39 is 0 Å². The van der Waals surface area contributed by atoms with Gasteiger partial charge in [0.2, 0.25) is 0 Å². The number of alkyl halides is 1. The van der Waals surface area contributed by atoms with Crippen molar-refractivity contribution in [1.29, 1.82) is 0 Å². The summed E-state index contributed by atoms with van der Waals surface area (Å²) in [6.45, 7) is 5.29. The number of hydrogen-bond donors (Lipinski definition) is 0. The maximum absolute atomic E-state index is 5.89. The molecular weight excluding hydrogens is 278 g/mol. The molecule has 3 nitrogen and oxygen atoms in total. The lowest BCUT2D eigenvalue weighted by atomic mass is 10.3. The van der Waals surface area contributed by atoms with Crippen molar-refractivity contribution in [1.82, 2.24) is 14.5 Å². The van der Waals surface area contributed by atoms with Crippen LogP contribution >= 0.6 is 23.4 Å². The lowest BCUT2D eigenvalue weighted by Crippen LogP contribution is -2.09. The Balaban J connectivity index is 2.37. The van der Waals surface area contributed by atoms with Crippen molar-refractivity contribution < 1.29 is 0 Å². The highest BCUT2D eigenvalue weighted by atomic mass is 35.5. The Hall–Kier alpha value is -0.740. The third-order valence-electron chi connectivity index (χ3n) is 3.39. The monoisotopic (exact) mass is 297 g/mol. The Bertz CT molecular complexity index is 553. The van der Waals surface area contributed by atoms with Gasteiger partial charge < -0.3 is 4.57 Å². The summed E-state index contributed by atoms with van der Waals surface area (Å²) < 4.78 is 2.23. The van der Waals surface area contributed by atoms with Gasteiger partial charge in [-0.2, -0.15) is 11.8 Å². The first kappa shape index (κ1) is 14.7. The lowest BCUT2D eigenvalue weighted by Gasteiger charge is -2.11. The van der Waals surface area contributed by atoms with Gasteiger partial charge in [-0.05, 0) is 31.2 Å². The van der Waals surface area contributed by atoms with Gasteiger partial charge in [0.25, 0.3) is 0 Å². The molecule has 0 fully saturated rings. The minimum absolute atomic E-state index is 0.598. The first-order valence-electron chi connectivity index (χ1n) is 6.56. The second-order valence-corrected chi connectivity index (χ2v) is 6.41. The molecule has 1 atom stereocenters. The number of halogens is 1. The molecule has 0 bridgehead atoms. The average Bonchev–Trinajstić information content (AvgIpc) is 2.76. The summed E-state index contributed by atoms with van der Waals surface area (Å²) in [6.07, 6.45) is 5.93. The molecule has 0 N–H and O–H groups in total. The van der Waals surface area contributed by atoms with Crippen LogP contribution in [0.2, 0.25) is 0 Å². The predicted molar refractivity (Wildman–Crippen MR) is 84.3 cm³/mol. The standard InChI is InChI=1S/C14H20ClN3S/c1-10-5-8-16-14-13(10)17-12(4-7-15)18(14)9-6-11(2)19-3/h5,8,11H,4,6-7,9H2,1-3H3. The van der Waals surface area contributed by atoms with Gasteiger partial charge in [0, 0.05) is 30.3 Å². The Morgan fingerprint density at radius 3 is 2.95 bits per heavy atom. The van der Waals surface area contributed by atoms with Gasteiger partial charge in [-0.15, -0.1) is 11.6 Å². The number of nitrogens with zero attached hydrogens (tertiary/aromatic N) is 3. The van der Waals surface area contributed by atoms with Crippen LogP contribution in [-0.4, -0.2) is 31.9 Å². The molecule has 0 aromatic carbocycles. The molecule has 104 valence electrons. The Kier molecular flexibility index (Phi) is 5.11. The number of aryl methyl sites for hydroxylation is 3. The maximum atomic E-state index is 5.89. The lowest BCUT2D eigenvalue weighted by molar-refractivity contribution is 0.624. The molecule has 0 aliphatic rings. The first-order chi connectivity index (χ1) is 9.17. The fourth-order valence-corrected chi connectivity index (χ4v) is 2.63.